The summed E-state index contributed by atoms with van der Waals surface area (Å²) in [5, 5.41) is 0. The van der Waals surface area contributed by atoms with E-state index in [0.29, 0.717) is 5.78 Å². The van der Waals surface area contributed by atoms with Crippen molar-refractivity contribution in [3.05, 3.63) is 11.6 Å². The fraction of sp³-hybridized carbons (Fsp3) is 0.842. The number of hydrogen-bond donors (Lipinski definition) is 1. The van der Waals surface area contributed by atoms with Gasteiger partial charge in [-0.1, -0.05) is 40.0 Å². The van der Waals surface area contributed by atoms with Crippen molar-refractivity contribution in [3.8, 4) is 0 Å². The highest BCUT2D eigenvalue weighted by Crippen LogP contribution is 2.32. The van der Waals surface area contributed by atoms with Crippen molar-refractivity contribution in [2.24, 2.45) is 17.6 Å². The minimum atomic E-state index is -0.00353. The molecule has 134 valence electrons. The van der Waals surface area contributed by atoms with Crippen LogP contribution in [0.5, 0.6) is 0 Å². The van der Waals surface area contributed by atoms with Crippen molar-refractivity contribution < 1.29 is 9.53 Å². The molecular weight excluding hydrogens is 310 g/mol. The highest BCUT2D eigenvalue weighted by Gasteiger charge is 2.34. The van der Waals surface area contributed by atoms with Gasteiger partial charge in [-0.25, -0.2) is 0 Å². The van der Waals surface area contributed by atoms with Gasteiger partial charge in [-0.15, -0.1) is 12.4 Å². The molecule has 0 unspecified atom stereocenters. The first-order chi connectivity index (χ1) is 10.6. The van der Waals surface area contributed by atoms with Crippen molar-refractivity contribution in [3.63, 3.8) is 0 Å². The van der Waals surface area contributed by atoms with E-state index >= 15 is 0 Å². The summed E-state index contributed by atoms with van der Waals surface area (Å²) >= 11 is 0. The van der Waals surface area contributed by atoms with Crippen molar-refractivity contribution in [2.75, 3.05) is 0 Å². The van der Waals surface area contributed by atoms with Crippen LogP contribution < -0.4 is 5.73 Å². The van der Waals surface area contributed by atoms with Crippen LogP contribution in [0.25, 0.3) is 0 Å². The minimum absolute atomic E-state index is 0. The Morgan fingerprint density at radius 2 is 1.87 bits per heavy atom. The molecule has 23 heavy (non-hydrogen) atoms. The van der Waals surface area contributed by atoms with Gasteiger partial charge in [0.2, 0.25) is 0 Å². The maximum atomic E-state index is 12.8. The molecule has 0 amide bonds. The van der Waals surface area contributed by atoms with Crippen molar-refractivity contribution in [1.29, 1.82) is 0 Å². The van der Waals surface area contributed by atoms with Crippen LogP contribution in [-0.2, 0) is 9.53 Å². The predicted octanol–water partition coefficient (Wildman–Crippen LogP) is 4.42. The summed E-state index contributed by atoms with van der Waals surface area (Å²) in [4.78, 5) is 12.8. The van der Waals surface area contributed by atoms with Crippen LogP contribution in [0.3, 0.4) is 0 Å². The van der Waals surface area contributed by atoms with Crippen LogP contribution in [-0.4, -0.2) is 24.0 Å². The average molecular weight is 344 g/mol. The fourth-order valence-corrected chi connectivity index (χ4v) is 3.78. The smallest absolute Gasteiger partial charge is 0.161 e. The molecule has 0 aliphatic heterocycles. The van der Waals surface area contributed by atoms with Crippen molar-refractivity contribution in [2.45, 2.75) is 90.4 Å². The fourth-order valence-electron chi connectivity index (χ4n) is 3.78. The Morgan fingerprint density at radius 1 is 1.26 bits per heavy atom. The van der Waals surface area contributed by atoms with E-state index in [4.69, 9.17) is 10.5 Å². The monoisotopic (exact) mass is 343 g/mol. The summed E-state index contributed by atoms with van der Waals surface area (Å²) in [6, 6.07) is 0.0342. The number of ether oxygens (including phenoxy) is 1. The third kappa shape index (κ3) is 5.30. The molecular formula is C19H34ClNO2. The standard InChI is InChI=1S/C19H33NO2.ClH/c1-4-16(5-2)22-18-12-15(11-17(20)13(18)3)19(21)14-9-7-6-8-10-14;/h12-14,16-18H,4-11,20H2,1-3H3;1H/t13-,17+,18-;/m1./s1. The molecule has 4 heteroatoms. The predicted molar refractivity (Wildman–Crippen MR) is 97.9 cm³/mol. The second-order valence-electron chi connectivity index (χ2n) is 7.16. The normalized spacial score (nSPS) is 29.1. The van der Waals surface area contributed by atoms with Crippen LogP contribution in [0.15, 0.2) is 11.6 Å². The van der Waals surface area contributed by atoms with Crippen LogP contribution in [0.1, 0.15) is 72.1 Å². The molecule has 0 radical (unpaired) electrons. The van der Waals surface area contributed by atoms with E-state index in [2.05, 4.69) is 26.8 Å². The molecule has 1 fully saturated rings. The van der Waals surface area contributed by atoms with Gasteiger partial charge in [-0.05, 0) is 43.8 Å². The number of nitrogens with two attached hydrogens (primary N) is 1. The first-order valence-corrected chi connectivity index (χ1v) is 9.22. The summed E-state index contributed by atoms with van der Waals surface area (Å²) < 4.78 is 6.23. The molecule has 0 aromatic carbocycles. The zero-order valence-electron chi connectivity index (χ0n) is 14.9. The Kier molecular flexibility index (Phi) is 8.81. The van der Waals surface area contributed by atoms with Crippen LogP contribution in [0.2, 0.25) is 0 Å². The first-order valence-electron chi connectivity index (χ1n) is 9.22. The summed E-state index contributed by atoms with van der Waals surface area (Å²) in [7, 11) is 0. The Hall–Kier alpha value is -0.380. The van der Waals surface area contributed by atoms with Crippen LogP contribution in [0.4, 0.5) is 0 Å². The zero-order chi connectivity index (χ0) is 16.1. The Bertz CT molecular complexity index is 400. The van der Waals surface area contributed by atoms with Crippen LogP contribution in [0, 0.1) is 11.8 Å². The molecule has 2 rings (SSSR count). The second kappa shape index (κ2) is 9.80. The largest absolute Gasteiger partial charge is 0.371 e. The van der Waals surface area contributed by atoms with E-state index in [1.54, 1.807) is 0 Å². The Labute approximate surface area is 147 Å². The molecule has 2 aliphatic rings. The molecule has 0 aromatic rings. The average Bonchev–Trinajstić information content (AvgIpc) is 2.56. The molecule has 0 heterocycles. The maximum absolute atomic E-state index is 12.8. The first kappa shape index (κ1) is 20.7. The quantitative estimate of drug-likeness (QED) is 0.776. The topological polar surface area (TPSA) is 52.3 Å². The van der Waals surface area contributed by atoms with Crippen LogP contribution >= 0.6 is 12.4 Å². The van der Waals surface area contributed by atoms with Gasteiger partial charge in [-0.3, -0.25) is 4.79 Å². The minimum Gasteiger partial charge on any atom is -0.371 e. The summed E-state index contributed by atoms with van der Waals surface area (Å²) in [5.41, 5.74) is 7.25. The molecule has 0 saturated heterocycles. The summed E-state index contributed by atoms with van der Waals surface area (Å²) in [5.74, 6) is 0.859. The van der Waals surface area contributed by atoms with Gasteiger partial charge in [0.1, 0.15) is 0 Å². The molecule has 3 nitrogen and oxygen atoms in total. The van der Waals surface area contributed by atoms with E-state index in [1.807, 2.05) is 0 Å². The van der Waals surface area contributed by atoms with Gasteiger partial charge < -0.3 is 10.5 Å². The lowest BCUT2D eigenvalue weighted by atomic mass is 9.77. The highest BCUT2D eigenvalue weighted by atomic mass is 35.5. The van der Waals surface area contributed by atoms with Gasteiger partial charge in [0.05, 0.1) is 12.2 Å². The third-order valence-corrected chi connectivity index (χ3v) is 5.57. The number of Topliss-reactive ketones (excluding diaryl/α,β-unsaturated/α-hetero) is 1. The van der Waals surface area contributed by atoms with Gasteiger partial charge in [-0.2, -0.15) is 0 Å². The molecule has 3 atom stereocenters. The number of ketones is 1. The zero-order valence-corrected chi connectivity index (χ0v) is 15.7. The van der Waals surface area contributed by atoms with Gasteiger partial charge in [0, 0.05) is 17.9 Å². The number of hydrogen-bond acceptors (Lipinski definition) is 3. The molecule has 0 spiro atoms. The van der Waals surface area contributed by atoms with E-state index in [0.717, 1.165) is 37.7 Å². The maximum Gasteiger partial charge on any atom is 0.161 e. The van der Waals surface area contributed by atoms with Crippen molar-refractivity contribution in [1.82, 2.24) is 0 Å². The molecule has 0 bridgehead atoms. The van der Waals surface area contributed by atoms with E-state index < -0.39 is 0 Å². The number of carbonyl (C=O) groups excluding carboxylic acids is 1. The number of halogens is 1. The highest BCUT2D eigenvalue weighted by molar-refractivity contribution is 5.97. The second-order valence-corrected chi connectivity index (χ2v) is 7.16. The van der Waals surface area contributed by atoms with Gasteiger partial charge >= 0.3 is 0 Å². The molecule has 0 aromatic heterocycles. The SMILES string of the molecule is CCC(CC)O[C@@H]1C=C(C(=O)C2CCCCC2)C[C@H](N)[C@H]1C.Cl. The van der Waals surface area contributed by atoms with E-state index in [9.17, 15) is 4.79 Å². The Balaban J connectivity index is 0.00000264. The third-order valence-electron chi connectivity index (χ3n) is 5.57. The van der Waals surface area contributed by atoms with Gasteiger partial charge in [0.15, 0.2) is 5.78 Å². The molecule has 2 N–H and O–H groups in total. The lowest BCUT2D eigenvalue weighted by Crippen LogP contribution is -2.43. The van der Waals surface area contributed by atoms with E-state index in [1.165, 1.54) is 19.3 Å². The number of carbonyl (C=O) groups is 1. The van der Waals surface area contributed by atoms with E-state index in [-0.39, 0.29) is 42.5 Å². The lowest BCUT2D eigenvalue weighted by Gasteiger charge is -2.35. The Morgan fingerprint density at radius 3 is 2.43 bits per heavy atom. The molecule has 1 saturated carbocycles. The summed E-state index contributed by atoms with van der Waals surface area (Å²) in [6.45, 7) is 6.45. The van der Waals surface area contributed by atoms with Gasteiger partial charge in [0.25, 0.3) is 0 Å². The molecule has 2 aliphatic carbocycles. The number of rotatable bonds is 6. The van der Waals surface area contributed by atoms with Crippen molar-refractivity contribution >= 4 is 18.2 Å². The lowest BCUT2D eigenvalue weighted by molar-refractivity contribution is -0.120. The summed E-state index contributed by atoms with van der Waals surface area (Å²) in [6.07, 6.45) is 10.9.